The molecule has 1 aliphatic heterocycles. The van der Waals surface area contributed by atoms with Gasteiger partial charge in [0.1, 0.15) is 11.4 Å². The van der Waals surface area contributed by atoms with E-state index in [4.69, 9.17) is 5.73 Å². The van der Waals surface area contributed by atoms with Gasteiger partial charge < -0.3 is 10.6 Å². The normalized spacial score (nSPS) is 23.4. The van der Waals surface area contributed by atoms with Crippen LogP contribution in [-0.4, -0.2) is 17.5 Å². The lowest BCUT2D eigenvalue weighted by atomic mass is 9.95. The number of rotatable bonds is 3. The van der Waals surface area contributed by atoms with E-state index in [0.29, 0.717) is 17.6 Å². The summed E-state index contributed by atoms with van der Waals surface area (Å²) in [6.45, 7) is 0.908. The lowest BCUT2D eigenvalue weighted by Crippen LogP contribution is -2.35. The van der Waals surface area contributed by atoms with Crippen LogP contribution in [0.25, 0.3) is 0 Å². The molecule has 108 valence electrons. The van der Waals surface area contributed by atoms with Gasteiger partial charge in [0.25, 0.3) is 0 Å². The highest BCUT2D eigenvalue weighted by molar-refractivity contribution is 5.75. The Hall–Kier alpha value is -1.78. The second-order valence-electron chi connectivity index (χ2n) is 5.92. The van der Waals surface area contributed by atoms with Crippen molar-refractivity contribution in [3.05, 3.63) is 28.3 Å². The van der Waals surface area contributed by atoms with Gasteiger partial charge in [0.15, 0.2) is 0 Å². The summed E-state index contributed by atoms with van der Waals surface area (Å²) in [5.74, 6) is 0.693. The molecule has 0 radical (unpaired) electrons. The van der Waals surface area contributed by atoms with Crippen LogP contribution in [0.2, 0.25) is 0 Å². The van der Waals surface area contributed by atoms with Crippen LogP contribution < -0.4 is 10.6 Å². The van der Waals surface area contributed by atoms with Gasteiger partial charge in [-0.15, -0.1) is 0 Å². The van der Waals surface area contributed by atoms with Gasteiger partial charge in [0.05, 0.1) is 4.92 Å². The zero-order chi connectivity index (χ0) is 14.1. The first kappa shape index (κ1) is 13.2. The summed E-state index contributed by atoms with van der Waals surface area (Å²) in [6, 6.07) is 5.74. The predicted octanol–water partition coefficient (Wildman–Crippen LogP) is 3.34. The van der Waals surface area contributed by atoms with E-state index in [9.17, 15) is 10.1 Å². The van der Waals surface area contributed by atoms with Gasteiger partial charge >= 0.3 is 5.69 Å². The fourth-order valence-corrected chi connectivity index (χ4v) is 3.90. The SMILES string of the molecule is Nc1cccc(N2CCCC2C2CCCC2)c1[N+](=O)[O-]. The molecule has 1 unspecified atom stereocenters. The van der Waals surface area contributed by atoms with Crippen LogP contribution in [0.4, 0.5) is 17.1 Å². The molecule has 1 saturated heterocycles. The number of nitrogens with zero attached hydrogens (tertiary/aromatic N) is 2. The highest BCUT2D eigenvalue weighted by Crippen LogP contribution is 2.42. The van der Waals surface area contributed by atoms with E-state index in [2.05, 4.69) is 4.90 Å². The van der Waals surface area contributed by atoms with Gasteiger partial charge in [0, 0.05) is 12.6 Å². The Kier molecular flexibility index (Phi) is 3.51. The molecule has 5 heteroatoms. The van der Waals surface area contributed by atoms with E-state index in [1.807, 2.05) is 12.1 Å². The number of para-hydroxylation sites is 1. The average Bonchev–Trinajstić information content (AvgIpc) is 3.08. The molecule has 0 bridgehead atoms. The van der Waals surface area contributed by atoms with Crippen molar-refractivity contribution in [3.63, 3.8) is 0 Å². The maximum atomic E-state index is 11.3. The van der Waals surface area contributed by atoms with Crippen LogP contribution >= 0.6 is 0 Å². The third-order valence-corrected chi connectivity index (χ3v) is 4.78. The molecule has 2 aliphatic rings. The van der Waals surface area contributed by atoms with Crippen LogP contribution in [0.3, 0.4) is 0 Å². The Morgan fingerprint density at radius 2 is 1.95 bits per heavy atom. The molecule has 0 spiro atoms. The summed E-state index contributed by atoms with van der Waals surface area (Å²) in [7, 11) is 0. The molecule has 20 heavy (non-hydrogen) atoms. The molecule has 1 aromatic carbocycles. The van der Waals surface area contributed by atoms with Crippen LogP contribution in [0.15, 0.2) is 18.2 Å². The quantitative estimate of drug-likeness (QED) is 0.521. The molecular formula is C15H21N3O2. The van der Waals surface area contributed by atoms with E-state index in [1.54, 1.807) is 6.07 Å². The maximum Gasteiger partial charge on any atom is 0.315 e. The summed E-state index contributed by atoms with van der Waals surface area (Å²) < 4.78 is 0. The molecule has 0 aromatic heterocycles. The standard InChI is InChI=1S/C15H21N3O2/c16-12-7-3-8-14(15(12)18(19)20)17-10-4-9-13(17)11-5-1-2-6-11/h3,7-8,11,13H,1-2,4-6,9-10,16H2. The van der Waals surface area contributed by atoms with Crippen molar-refractivity contribution >= 4 is 17.1 Å². The summed E-state index contributed by atoms with van der Waals surface area (Å²) in [5.41, 5.74) is 6.88. The Labute approximate surface area is 118 Å². The number of anilines is 2. The smallest absolute Gasteiger partial charge is 0.315 e. The van der Waals surface area contributed by atoms with Crippen molar-refractivity contribution in [2.45, 2.75) is 44.6 Å². The highest BCUT2D eigenvalue weighted by atomic mass is 16.6. The van der Waals surface area contributed by atoms with Crippen LogP contribution in [-0.2, 0) is 0 Å². The minimum atomic E-state index is -0.339. The fourth-order valence-electron chi connectivity index (χ4n) is 3.90. The second-order valence-corrected chi connectivity index (χ2v) is 5.92. The summed E-state index contributed by atoms with van der Waals surface area (Å²) in [6.07, 6.45) is 7.39. The first-order valence-electron chi connectivity index (χ1n) is 7.48. The van der Waals surface area contributed by atoms with Crippen molar-refractivity contribution in [1.82, 2.24) is 0 Å². The molecular weight excluding hydrogens is 254 g/mol. The van der Waals surface area contributed by atoms with Gasteiger partial charge in [-0.1, -0.05) is 18.9 Å². The van der Waals surface area contributed by atoms with E-state index < -0.39 is 0 Å². The minimum Gasteiger partial charge on any atom is -0.393 e. The molecule has 2 fully saturated rings. The molecule has 1 saturated carbocycles. The Bertz CT molecular complexity index is 512. The van der Waals surface area contributed by atoms with E-state index in [0.717, 1.165) is 19.4 Å². The molecule has 1 aliphatic carbocycles. The predicted molar refractivity (Wildman–Crippen MR) is 79.8 cm³/mol. The number of nitro benzene ring substituents is 1. The van der Waals surface area contributed by atoms with E-state index in [1.165, 1.54) is 25.7 Å². The van der Waals surface area contributed by atoms with E-state index >= 15 is 0 Å². The van der Waals surface area contributed by atoms with Gasteiger partial charge in [-0.2, -0.15) is 0 Å². The molecule has 2 N–H and O–H groups in total. The topological polar surface area (TPSA) is 72.4 Å². The van der Waals surface area contributed by atoms with Crippen molar-refractivity contribution in [1.29, 1.82) is 0 Å². The van der Waals surface area contributed by atoms with Crippen molar-refractivity contribution in [3.8, 4) is 0 Å². The molecule has 3 rings (SSSR count). The fraction of sp³-hybridized carbons (Fsp3) is 0.600. The number of nitrogens with two attached hydrogens (primary N) is 1. The van der Waals surface area contributed by atoms with Crippen molar-refractivity contribution < 1.29 is 4.92 Å². The number of hydrogen-bond acceptors (Lipinski definition) is 4. The Morgan fingerprint density at radius 3 is 2.65 bits per heavy atom. The van der Waals surface area contributed by atoms with Crippen LogP contribution in [0, 0.1) is 16.0 Å². The summed E-state index contributed by atoms with van der Waals surface area (Å²) in [5, 5.41) is 11.3. The largest absolute Gasteiger partial charge is 0.393 e. The first-order chi connectivity index (χ1) is 9.68. The van der Waals surface area contributed by atoms with Gasteiger partial charge in [-0.05, 0) is 43.7 Å². The zero-order valence-corrected chi connectivity index (χ0v) is 11.6. The summed E-state index contributed by atoms with van der Waals surface area (Å²) in [4.78, 5) is 13.2. The third kappa shape index (κ3) is 2.21. The second kappa shape index (κ2) is 5.31. The van der Waals surface area contributed by atoms with Crippen molar-refractivity contribution in [2.24, 2.45) is 5.92 Å². The lowest BCUT2D eigenvalue weighted by molar-refractivity contribution is -0.383. The monoisotopic (exact) mass is 275 g/mol. The Morgan fingerprint density at radius 1 is 1.20 bits per heavy atom. The third-order valence-electron chi connectivity index (χ3n) is 4.78. The molecule has 5 nitrogen and oxygen atoms in total. The minimum absolute atomic E-state index is 0.0809. The Balaban J connectivity index is 1.95. The molecule has 1 aromatic rings. The average molecular weight is 275 g/mol. The van der Waals surface area contributed by atoms with Gasteiger partial charge in [-0.3, -0.25) is 10.1 Å². The summed E-state index contributed by atoms with van der Waals surface area (Å²) >= 11 is 0. The molecule has 1 heterocycles. The first-order valence-corrected chi connectivity index (χ1v) is 7.48. The van der Waals surface area contributed by atoms with Crippen LogP contribution in [0.5, 0.6) is 0 Å². The van der Waals surface area contributed by atoms with Crippen molar-refractivity contribution in [2.75, 3.05) is 17.2 Å². The number of hydrogen-bond donors (Lipinski definition) is 1. The molecule has 1 atom stereocenters. The van der Waals surface area contributed by atoms with E-state index in [-0.39, 0.29) is 16.3 Å². The number of nitro groups is 1. The molecule has 0 amide bonds. The van der Waals surface area contributed by atoms with Gasteiger partial charge in [-0.25, -0.2) is 0 Å². The highest BCUT2D eigenvalue weighted by Gasteiger charge is 2.36. The maximum absolute atomic E-state index is 11.3. The van der Waals surface area contributed by atoms with Gasteiger partial charge in [0.2, 0.25) is 0 Å². The number of nitrogen functional groups attached to an aromatic ring is 1. The number of benzene rings is 1. The lowest BCUT2D eigenvalue weighted by Gasteiger charge is -2.31. The van der Waals surface area contributed by atoms with Crippen LogP contribution in [0.1, 0.15) is 38.5 Å². The zero-order valence-electron chi connectivity index (χ0n) is 11.6.